The fourth-order valence-electron chi connectivity index (χ4n) is 2.27. The van der Waals surface area contributed by atoms with Crippen LogP contribution in [0.15, 0.2) is 42.5 Å². The van der Waals surface area contributed by atoms with E-state index in [1.165, 1.54) is 18.2 Å². The van der Waals surface area contributed by atoms with E-state index in [-0.39, 0.29) is 11.3 Å². The number of benzene rings is 2. The van der Waals surface area contributed by atoms with Crippen molar-refractivity contribution in [2.24, 2.45) is 0 Å². The molecule has 0 bridgehead atoms. The molecule has 0 saturated heterocycles. The fourth-order valence-corrected chi connectivity index (χ4v) is 2.27. The molecule has 2 aromatic rings. The van der Waals surface area contributed by atoms with Gasteiger partial charge in [-0.15, -0.1) is 0 Å². The maximum Gasteiger partial charge on any atom is 0.511 e. The summed E-state index contributed by atoms with van der Waals surface area (Å²) in [5.41, 5.74) is 1.68. The van der Waals surface area contributed by atoms with Crippen molar-refractivity contribution in [3.8, 4) is 16.9 Å². The van der Waals surface area contributed by atoms with E-state index in [0.29, 0.717) is 16.7 Å². The number of fused-ring (bicyclic) bond motifs is 3. The van der Waals surface area contributed by atoms with Gasteiger partial charge in [0.2, 0.25) is 11.6 Å². The van der Waals surface area contributed by atoms with Gasteiger partial charge in [-0.25, -0.2) is 4.79 Å². The second-order valence-electron chi connectivity index (χ2n) is 4.28. The zero-order valence-electron chi connectivity index (χ0n) is 10.1. The van der Waals surface area contributed by atoms with E-state index < -0.39 is 17.7 Å². The molecule has 0 heterocycles. The molecule has 1 aliphatic rings. The highest BCUT2D eigenvalue weighted by molar-refractivity contribution is 6.53. The number of carboxylic acid groups (broad SMARTS) is 1. The molecule has 0 fully saturated rings. The highest BCUT2D eigenvalue weighted by Crippen LogP contribution is 2.35. The van der Waals surface area contributed by atoms with Gasteiger partial charge < -0.3 is 9.84 Å². The van der Waals surface area contributed by atoms with Crippen molar-refractivity contribution in [3.05, 3.63) is 53.6 Å². The molecule has 0 aromatic heterocycles. The summed E-state index contributed by atoms with van der Waals surface area (Å²) in [6, 6.07) is 10.9. The van der Waals surface area contributed by atoms with Crippen molar-refractivity contribution in [1.29, 1.82) is 0 Å². The lowest BCUT2D eigenvalue weighted by Crippen LogP contribution is -2.21. The lowest BCUT2D eigenvalue weighted by molar-refractivity contribution is 0.0815. The van der Waals surface area contributed by atoms with Crippen LogP contribution in [0.3, 0.4) is 0 Å². The van der Waals surface area contributed by atoms with Crippen LogP contribution >= 0.6 is 0 Å². The van der Waals surface area contributed by atoms with Crippen molar-refractivity contribution in [2.75, 3.05) is 0 Å². The third kappa shape index (κ3) is 1.76. The minimum atomic E-state index is -1.43. The van der Waals surface area contributed by atoms with Gasteiger partial charge in [0, 0.05) is 11.1 Å². The molecule has 5 nitrogen and oxygen atoms in total. The number of rotatable bonds is 1. The Morgan fingerprint density at radius 2 is 1.45 bits per heavy atom. The Bertz CT molecular complexity index is 761. The highest BCUT2D eigenvalue weighted by Gasteiger charge is 2.30. The molecule has 20 heavy (non-hydrogen) atoms. The number of hydrogen-bond acceptors (Lipinski definition) is 4. The third-order valence-corrected chi connectivity index (χ3v) is 3.11. The molecule has 2 aromatic carbocycles. The van der Waals surface area contributed by atoms with Crippen molar-refractivity contribution in [2.45, 2.75) is 0 Å². The molecular formula is C15H8O5. The Labute approximate surface area is 113 Å². The van der Waals surface area contributed by atoms with E-state index in [1.807, 2.05) is 0 Å². The van der Waals surface area contributed by atoms with E-state index in [9.17, 15) is 14.4 Å². The second-order valence-corrected chi connectivity index (χ2v) is 4.28. The topological polar surface area (TPSA) is 80.7 Å². The molecule has 0 spiro atoms. The summed E-state index contributed by atoms with van der Waals surface area (Å²) >= 11 is 0. The minimum Gasteiger partial charge on any atom is -0.449 e. The molecule has 0 atom stereocenters. The van der Waals surface area contributed by atoms with E-state index in [2.05, 4.69) is 4.74 Å². The van der Waals surface area contributed by atoms with Gasteiger partial charge in [-0.1, -0.05) is 24.3 Å². The molecule has 0 amide bonds. The summed E-state index contributed by atoms with van der Waals surface area (Å²) in [6.07, 6.45) is -1.43. The Morgan fingerprint density at radius 3 is 2.10 bits per heavy atom. The van der Waals surface area contributed by atoms with Gasteiger partial charge in [0.05, 0.1) is 0 Å². The van der Waals surface area contributed by atoms with Crippen LogP contribution in [0.5, 0.6) is 5.75 Å². The summed E-state index contributed by atoms with van der Waals surface area (Å²) in [5.74, 6) is -1.05. The predicted molar refractivity (Wildman–Crippen MR) is 69.2 cm³/mol. The quantitative estimate of drug-likeness (QED) is 0.488. The van der Waals surface area contributed by atoms with E-state index >= 15 is 0 Å². The zero-order valence-corrected chi connectivity index (χ0v) is 10.1. The van der Waals surface area contributed by atoms with Gasteiger partial charge in [-0.05, 0) is 29.3 Å². The largest absolute Gasteiger partial charge is 0.511 e. The van der Waals surface area contributed by atoms with Crippen LogP contribution in [0.4, 0.5) is 4.79 Å². The van der Waals surface area contributed by atoms with Gasteiger partial charge in [0.15, 0.2) is 0 Å². The SMILES string of the molecule is O=C(O)Oc1ccc2c(c1)-c1ccccc1C(=O)C2=O. The predicted octanol–water partition coefficient (Wildman–Crippen LogP) is 2.79. The van der Waals surface area contributed by atoms with Gasteiger partial charge in [0.25, 0.3) is 0 Å². The first kappa shape index (κ1) is 12.1. The number of Topliss-reactive ketones (excluding diaryl/α,β-unsaturated/α-hetero) is 2. The summed E-state index contributed by atoms with van der Waals surface area (Å²) in [7, 11) is 0. The number of ether oxygens (including phenoxy) is 1. The third-order valence-electron chi connectivity index (χ3n) is 3.11. The lowest BCUT2D eigenvalue weighted by atomic mass is 9.84. The number of carbonyl (C=O) groups is 3. The van der Waals surface area contributed by atoms with Crippen molar-refractivity contribution < 1.29 is 24.2 Å². The monoisotopic (exact) mass is 268 g/mol. The molecule has 0 saturated carbocycles. The smallest absolute Gasteiger partial charge is 0.449 e. The lowest BCUT2D eigenvalue weighted by Gasteiger charge is -2.18. The second kappa shape index (κ2) is 4.31. The van der Waals surface area contributed by atoms with Crippen molar-refractivity contribution in [3.63, 3.8) is 0 Å². The summed E-state index contributed by atoms with van der Waals surface area (Å²) < 4.78 is 4.58. The number of ketones is 2. The van der Waals surface area contributed by atoms with E-state index in [4.69, 9.17) is 5.11 Å². The molecule has 0 radical (unpaired) electrons. The van der Waals surface area contributed by atoms with Crippen molar-refractivity contribution in [1.82, 2.24) is 0 Å². The molecule has 1 N–H and O–H groups in total. The van der Waals surface area contributed by atoms with Crippen LogP contribution in [0, 0.1) is 0 Å². The van der Waals surface area contributed by atoms with Crippen molar-refractivity contribution >= 4 is 17.7 Å². The van der Waals surface area contributed by atoms with Gasteiger partial charge in [0.1, 0.15) is 5.75 Å². The van der Waals surface area contributed by atoms with Crippen LogP contribution < -0.4 is 4.74 Å². The maximum atomic E-state index is 12.0. The molecule has 3 rings (SSSR count). The molecule has 0 aliphatic heterocycles. The summed E-state index contributed by atoms with van der Waals surface area (Å²) in [5, 5.41) is 8.62. The van der Waals surface area contributed by atoms with E-state index in [1.54, 1.807) is 24.3 Å². The molecule has 98 valence electrons. The molecular weight excluding hydrogens is 260 g/mol. The fraction of sp³-hybridized carbons (Fsp3) is 0. The zero-order chi connectivity index (χ0) is 14.3. The van der Waals surface area contributed by atoms with E-state index in [0.717, 1.165) is 0 Å². The molecule has 1 aliphatic carbocycles. The van der Waals surface area contributed by atoms with Gasteiger partial charge in [-0.3, -0.25) is 9.59 Å². The van der Waals surface area contributed by atoms with Gasteiger partial charge >= 0.3 is 6.16 Å². The summed E-state index contributed by atoms with van der Waals surface area (Å²) in [4.78, 5) is 34.5. The van der Waals surface area contributed by atoms with Crippen LogP contribution in [-0.2, 0) is 0 Å². The minimum absolute atomic E-state index is 0.105. The number of carbonyl (C=O) groups excluding carboxylic acids is 2. The van der Waals surface area contributed by atoms with Crippen LogP contribution in [0.25, 0.3) is 11.1 Å². The Balaban J connectivity index is 2.23. The molecule has 5 heteroatoms. The Hall–Kier alpha value is -2.95. The average molecular weight is 268 g/mol. The Morgan fingerprint density at radius 1 is 0.850 bits per heavy atom. The Kier molecular flexibility index (Phi) is 2.61. The first-order chi connectivity index (χ1) is 9.58. The summed E-state index contributed by atoms with van der Waals surface area (Å²) in [6.45, 7) is 0. The average Bonchev–Trinajstić information content (AvgIpc) is 2.44. The van der Waals surface area contributed by atoms with Crippen LogP contribution in [-0.4, -0.2) is 22.8 Å². The number of hydrogen-bond donors (Lipinski definition) is 1. The van der Waals surface area contributed by atoms with Crippen LogP contribution in [0.1, 0.15) is 20.7 Å². The first-order valence-electron chi connectivity index (χ1n) is 5.81. The molecule has 0 unspecified atom stereocenters. The van der Waals surface area contributed by atoms with Gasteiger partial charge in [-0.2, -0.15) is 0 Å². The first-order valence-corrected chi connectivity index (χ1v) is 5.81. The van der Waals surface area contributed by atoms with Crippen LogP contribution in [0.2, 0.25) is 0 Å². The maximum absolute atomic E-state index is 12.0. The standard InChI is InChI=1S/C15H8O5/c16-13-10-4-2-1-3-9(10)12-7-8(20-15(18)19)5-6-11(12)14(13)17/h1-7H,(H,18,19). The normalized spacial score (nSPS) is 12.6. The highest BCUT2D eigenvalue weighted by atomic mass is 16.7.